The third-order valence-electron chi connectivity index (χ3n) is 3.88. The van der Waals surface area contributed by atoms with Crippen molar-refractivity contribution < 1.29 is 9.53 Å². The Kier molecular flexibility index (Phi) is 4.80. The van der Waals surface area contributed by atoms with Crippen molar-refractivity contribution in [3.8, 4) is 0 Å². The fourth-order valence-electron chi connectivity index (χ4n) is 2.75. The minimum atomic E-state index is 0.0580. The summed E-state index contributed by atoms with van der Waals surface area (Å²) < 4.78 is 5.54. The lowest BCUT2D eigenvalue weighted by atomic mass is 9.86. The number of morpholine rings is 1. The maximum absolute atomic E-state index is 11.9. The zero-order valence-electron chi connectivity index (χ0n) is 10.7. The molecule has 0 radical (unpaired) electrons. The normalized spacial score (nSPS) is 34.3. The second-order valence-corrected chi connectivity index (χ2v) is 5.34. The summed E-state index contributed by atoms with van der Waals surface area (Å²) in [6.07, 6.45) is 5.49. The van der Waals surface area contributed by atoms with Crippen molar-refractivity contribution in [2.24, 2.45) is 5.92 Å². The zero-order valence-corrected chi connectivity index (χ0v) is 10.7. The Labute approximate surface area is 103 Å². The molecule has 2 aliphatic rings. The number of carbonyl (C=O) groups is 1. The van der Waals surface area contributed by atoms with E-state index in [-0.39, 0.29) is 12.0 Å². The average molecular weight is 240 g/mol. The Morgan fingerprint density at radius 2 is 2.24 bits per heavy atom. The molecule has 2 N–H and O–H groups in total. The van der Waals surface area contributed by atoms with Crippen LogP contribution in [-0.2, 0) is 9.53 Å². The third kappa shape index (κ3) is 3.96. The lowest BCUT2D eigenvalue weighted by Crippen LogP contribution is -2.45. The molecule has 3 atom stereocenters. The summed E-state index contributed by atoms with van der Waals surface area (Å²) in [4.78, 5) is 11.9. The Bertz CT molecular complexity index is 252. The average Bonchev–Trinajstić information content (AvgIpc) is 2.33. The molecule has 0 aromatic rings. The fraction of sp³-hybridized carbons (Fsp3) is 0.923. The van der Waals surface area contributed by atoms with Gasteiger partial charge in [-0.1, -0.05) is 19.8 Å². The van der Waals surface area contributed by atoms with E-state index in [0.29, 0.717) is 18.4 Å². The van der Waals surface area contributed by atoms with Crippen molar-refractivity contribution >= 4 is 5.91 Å². The fourth-order valence-corrected chi connectivity index (χ4v) is 2.75. The molecule has 2 fully saturated rings. The van der Waals surface area contributed by atoms with Crippen LogP contribution >= 0.6 is 0 Å². The molecule has 3 unspecified atom stereocenters. The van der Waals surface area contributed by atoms with Gasteiger partial charge in [-0.15, -0.1) is 0 Å². The standard InChI is InChI=1S/C13H24N2O2/c1-10-4-2-3-5-12(10)15-13(16)8-11-9-14-6-7-17-11/h10-12,14H,2-9H2,1H3,(H,15,16). The smallest absolute Gasteiger partial charge is 0.222 e. The highest BCUT2D eigenvalue weighted by molar-refractivity contribution is 5.76. The molecule has 2 rings (SSSR count). The molecule has 0 aromatic heterocycles. The van der Waals surface area contributed by atoms with Gasteiger partial charge in [-0.25, -0.2) is 0 Å². The second kappa shape index (κ2) is 6.36. The van der Waals surface area contributed by atoms with Crippen LogP contribution in [0.1, 0.15) is 39.0 Å². The SMILES string of the molecule is CC1CCCCC1NC(=O)CC1CNCCO1. The highest BCUT2D eigenvalue weighted by Crippen LogP contribution is 2.23. The van der Waals surface area contributed by atoms with Crippen molar-refractivity contribution in [1.29, 1.82) is 0 Å². The van der Waals surface area contributed by atoms with Crippen molar-refractivity contribution in [3.63, 3.8) is 0 Å². The van der Waals surface area contributed by atoms with E-state index >= 15 is 0 Å². The largest absolute Gasteiger partial charge is 0.375 e. The molecular weight excluding hydrogens is 216 g/mol. The lowest BCUT2D eigenvalue weighted by molar-refractivity contribution is -0.125. The monoisotopic (exact) mass is 240 g/mol. The Hall–Kier alpha value is -0.610. The maximum atomic E-state index is 11.9. The van der Waals surface area contributed by atoms with E-state index in [1.54, 1.807) is 0 Å². The lowest BCUT2D eigenvalue weighted by Gasteiger charge is -2.30. The summed E-state index contributed by atoms with van der Waals surface area (Å²) in [7, 11) is 0. The first-order chi connectivity index (χ1) is 8.25. The van der Waals surface area contributed by atoms with Gasteiger partial charge in [0.1, 0.15) is 0 Å². The number of ether oxygens (including phenoxy) is 1. The molecule has 1 aliphatic carbocycles. The van der Waals surface area contributed by atoms with Crippen LogP contribution in [0.25, 0.3) is 0 Å². The van der Waals surface area contributed by atoms with E-state index in [1.165, 1.54) is 19.3 Å². The molecule has 4 nitrogen and oxygen atoms in total. The highest BCUT2D eigenvalue weighted by Gasteiger charge is 2.24. The van der Waals surface area contributed by atoms with Crippen molar-refractivity contribution in [2.45, 2.75) is 51.2 Å². The van der Waals surface area contributed by atoms with E-state index in [0.717, 1.165) is 26.1 Å². The molecule has 1 aliphatic heterocycles. The van der Waals surface area contributed by atoms with E-state index in [1.807, 2.05) is 0 Å². The predicted molar refractivity (Wildman–Crippen MR) is 66.8 cm³/mol. The molecule has 98 valence electrons. The molecule has 4 heteroatoms. The summed E-state index contributed by atoms with van der Waals surface area (Å²) >= 11 is 0. The van der Waals surface area contributed by atoms with Crippen LogP contribution in [-0.4, -0.2) is 37.7 Å². The zero-order chi connectivity index (χ0) is 12.1. The summed E-state index contributed by atoms with van der Waals surface area (Å²) in [5.74, 6) is 0.774. The van der Waals surface area contributed by atoms with Gasteiger partial charge >= 0.3 is 0 Å². The van der Waals surface area contributed by atoms with Crippen molar-refractivity contribution in [1.82, 2.24) is 10.6 Å². The molecule has 0 aromatic carbocycles. The van der Waals surface area contributed by atoms with Crippen LogP contribution < -0.4 is 10.6 Å². The van der Waals surface area contributed by atoms with Crippen LogP contribution in [0.4, 0.5) is 0 Å². The van der Waals surface area contributed by atoms with E-state index in [9.17, 15) is 4.79 Å². The Balaban J connectivity index is 1.72. The molecule has 0 spiro atoms. The molecule has 1 amide bonds. The molecule has 0 bridgehead atoms. The number of amides is 1. The summed E-state index contributed by atoms with van der Waals surface area (Å²) in [5.41, 5.74) is 0. The van der Waals surface area contributed by atoms with Crippen LogP contribution in [0, 0.1) is 5.92 Å². The quantitative estimate of drug-likeness (QED) is 0.775. The van der Waals surface area contributed by atoms with Crippen molar-refractivity contribution in [2.75, 3.05) is 19.7 Å². The van der Waals surface area contributed by atoms with Gasteiger partial charge in [-0.05, 0) is 18.8 Å². The number of carbonyl (C=O) groups excluding carboxylic acids is 1. The van der Waals surface area contributed by atoms with E-state index in [4.69, 9.17) is 4.74 Å². The molecule has 1 heterocycles. The summed E-state index contributed by atoms with van der Waals surface area (Å²) in [5, 5.41) is 6.42. The second-order valence-electron chi connectivity index (χ2n) is 5.34. The number of hydrogen-bond acceptors (Lipinski definition) is 3. The first kappa shape index (κ1) is 12.8. The van der Waals surface area contributed by atoms with E-state index in [2.05, 4.69) is 17.6 Å². The van der Waals surface area contributed by atoms with Gasteiger partial charge in [0.05, 0.1) is 19.1 Å². The summed E-state index contributed by atoms with van der Waals surface area (Å²) in [6, 6.07) is 0.382. The van der Waals surface area contributed by atoms with Crippen LogP contribution in [0.2, 0.25) is 0 Å². The molecular formula is C13H24N2O2. The summed E-state index contributed by atoms with van der Waals surface area (Å²) in [6.45, 7) is 4.66. The third-order valence-corrected chi connectivity index (χ3v) is 3.88. The van der Waals surface area contributed by atoms with Gasteiger partial charge < -0.3 is 15.4 Å². The van der Waals surface area contributed by atoms with Crippen LogP contribution in [0.15, 0.2) is 0 Å². The van der Waals surface area contributed by atoms with Crippen LogP contribution in [0.3, 0.4) is 0 Å². The molecule has 1 saturated carbocycles. The topological polar surface area (TPSA) is 50.4 Å². The minimum Gasteiger partial charge on any atom is -0.375 e. The van der Waals surface area contributed by atoms with Gasteiger partial charge in [-0.2, -0.15) is 0 Å². The maximum Gasteiger partial charge on any atom is 0.222 e. The number of nitrogens with one attached hydrogen (secondary N) is 2. The molecule has 1 saturated heterocycles. The first-order valence-electron chi connectivity index (χ1n) is 6.87. The van der Waals surface area contributed by atoms with Gasteiger partial charge in [0.2, 0.25) is 5.91 Å². The van der Waals surface area contributed by atoms with Gasteiger partial charge in [0, 0.05) is 19.1 Å². The van der Waals surface area contributed by atoms with Crippen LogP contribution in [0.5, 0.6) is 0 Å². The Morgan fingerprint density at radius 3 is 2.94 bits per heavy atom. The highest BCUT2D eigenvalue weighted by atomic mass is 16.5. The number of hydrogen-bond donors (Lipinski definition) is 2. The number of rotatable bonds is 3. The first-order valence-corrected chi connectivity index (χ1v) is 6.87. The Morgan fingerprint density at radius 1 is 1.41 bits per heavy atom. The van der Waals surface area contributed by atoms with Gasteiger partial charge in [-0.3, -0.25) is 4.79 Å². The molecule has 17 heavy (non-hydrogen) atoms. The van der Waals surface area contributed by atoms with Crippen molar-refractivity contribution in [3.05, 3.63) is 0 Å². The van der Waals surface area contributed by atoms with E-state index < -0.39 is 0 Å². The predicted octanol–water partition coefficient (Wildman–Crippen LogP) is 1.06. The van der Waals surface area contributed by atoms with Gasteiger partial charge in [0.15, 0.2) is 0 Å². The van der Waals surface area contributed by atoms with Gasteiger partial charge in [0.25, 0.3) is 0 Å². The minimum absolute atomic E-state index is 0.0580.